The van der Waals surface area contributed by atoms with Crippen molar-refractivity contribution in [3.63, 3.8) is 0 Å². The van der Waals surface area contributed by atoms with Crippen LogP contribution >= 0.6 is 0 Å². The molecule has 2 rings (SSSR count). The first kappa shape index (κ1) is 17.0. The van der Waals surface area contributed by atoms with Crippen molar-refractivity contribution in [1.29, 1.82) is 0 Å². The van der Waals surface area contributed by atoms with Gasteiger partial charge in [-0.3, -0.25) is 9.59 Å². The summed E-state index contributed by atoms with van der Waals surface area (Å²) in [5, 5.41) is 18.3. The number of phenolic OH excluding ortho intramolecular Hbond substituents is 2. The maximum absolute atomic E-state index is 10.5. The lowest BCUT2D eigenvalue weighted by molar-refractivity contribution is 0.111. The largest absolute Gasteiger partial charge is 0.507 e. The molecule has 2 N–H and O–H groups in total. The molecule has 0 atom stereocenters. The van der Waals surface area contributed by atoms with E-state index in [4.69, 9.17) is 14.6 Å². The van der Waals surface area contributed by atoms with Gasteiger partial charge < -0.3 is 19.7 Å². The lowest BCUT2D eigenvalue weighted by atomic mass is 10.2. The van der Waals surface area contributed by atoms with Gasteiger partial charge in [0, 0.05) is 5.56 Å². The molecule has 0 aromatic heterocycles. The van der Waals surface area contributed by atoms with E-state index in [1.807, 2.05) is 0 Å². The van der Waals surface area contributed by atoms with Crippen LogP contribution in [0.15, 0.2) is 36.4 Å². The third-order valence-electron chi connectivity index (χ3n) is 2.70. The lowest BCUT2D eigenvalue weighted by Gasteiger charge is -2.08. The number of rotatable bonds is 4. The van der Waals surface area contributed by atoms with Crippen molar-refractivity contribution in [2.45, 2.75) is 0 Å². The van der Waals surface area contributed by atoms with Gasteiger partial charge in [0.1, 0.15) is 12.0 Å². The molecule has 0 bridgehead atoms. The van der Waals surface area contributed by atoms with Gasteiger partial charge in [-0.1, -0.05) is 12.1 Å². The van der Waals surface area contributed by atoms with E-state index in [1.165, 1.54) is 32.4 Å². The Kier molecular flexibility index (Phi) is 6.43. The Hall–Kier alpha value is -3.02. The van der Waals surface area contributed by atoms with E-state index < -0.39 is 0 Å². The number of aromatic hydroxyl groups is 2. The second kappa shape index (κ2) is 8.31. The Bertz CT molecular complexity index is 626. The van der Waals surface area contributed by atoms with E-state index in [9.17, 15) is 14.7 Å². The minimum absolute atomic E-state index is 0.0347. The number of aldehydes is 2. The third kappa shape index (κ3) is 4.24. The second-order valence-corrected chi connectivity index (χ2v) is 4.07. The zero-order chi connectivity index (χ0) is 16.5. The molecule has 0 amide bonds. The number of ether oxygens (including phenoxy) is 2. The molecule has 0 saturated heterocycles. The molecule has 0 radical (unpaired) electrons. The normalized spacial score (nSPS) is 9.18. The van der Waals surface area contributed by atoms with Crippen LogP contribution in [0.1, 0.15) is 20.7 Å². The van der Waals surface area contributed by atoms with Crippen molar-refractivity contribution in [3.8, 4) is 23.0 Å². The summed E-state index contributed by atoms with van der Waals surface area (Å²) in [7, 11) is 2.81. The molecule has 0 saturated carbocycles. The van der Waals surface area contributed by atoms with Crippen molar-refractivity contribution in [1.82, 2.24) is 0 Å². The molecule has 0 aliphatic carbocycles. The number of benzene rings is 2. The van der Waals surface area contributed by atoms with Gasteiger partial charge in [-0.2, -0.15) is 0 Å². The summed E-state index contributed by atoms with van der Waals surface area (Å²) in [6, 6.07) is 9.27. The highest BCUT2D eigenvalue weighted by Gasteiger charge is 2.10. The Labute approximate surface area is 127 Å². The van der Waals surface area contributed by atoms with Crippen LogP contribution in [-0.4, -0.2) is 37.0 Å². The molecule has 116 valence electrons. The van der Waals surface area contributed by atoms with Gasteiger partial charge in [0.25, 0.3) is 0 Å². The van der Waals surface area contributed by atoms with E-state index in [-0.39, 0.29) is 23.0 Å². The predicted molar refractivity (Wildman–Crippen MR) is 80.1 cm³/mol. The SMILES string of the molecule is COc1cc(C=O)cc(OC)c1O.O=Cc1ccccc1O. The Balaban J connectivity index is 0.000000235. The maximum Gasteiger partial charge on any atom is 0.200 e. The highest BCUT2D eigenvalue weighted by molar-refractivity contribution is 5.79. The quantitative estimate of drug-likeness (QED) is 0.843. The molecule has 6 nitrogen and oxygen atoms in total. The fourth-order valence-corrected chi connectivity index (χ4v) is 1.57. The number of carbonyl (C=O) groups excluding carboxylic acids is 2. The number of hydrogen-bond donors (Lipinski definition) is 2. The monoisotopic (exact) mass is 304 g/mol. The van der Waals surface area contributed by atoms with Crippen LogP contribution in [0.3, 0.4) is 0 Å². The van der Waals surface area contributed by atoms with E-state index in [2.05, 4.69) is 0 Å². The highest BCUT2D eigenvalue weighted by atomic mass is 16.5. The second-order valence-electron chi connectivity index (χ2n) is 4.07. The van der Waals surface area contributed by atoms with Gasteiger partial charge in [-0.15, -0.1) is 0 Å². The number of carbonyl (C=O) groups is 2. The smallest absolute Gasteiger partial charge is 0.200 e. The fraction of sp³-hybridized carbons (Fsp3) is 0.125. The Morgan fingerprint density at radius 2 is 1.45 bits per heavy atom. The number of methoxy groups -OCH3 is 2. The van der Waals surface area contributed by atoms with Crippen LogP contribution in [0.4, 0.5) is 0 Å². The summed E-state index contributed by atoms with van der Waals surface area (Å²) in [4.78, 5) is 20.5. The molecule has 2 aromatic rings. The fourth-order valence-electron chi connectivity index (χ4n) is 1.57. The van der Waals surface area contributed by atoms with E-state index in [1.54, 1.807) is 18.2 Å². The minimum atomic E-state index is -0.101. The average molecular weight is 304 g/mol. The first-order valence-corrected chi connectivity index (χ1v) is 6.20. The van der Waals surface area contributed by atoms with Crippen LogP contribution in [0, 0.1) is 0 Å². The number of phenols is 2. The molecule has 0 aliphatic heterocycles. The van der Waals surface area contributed by atoms with Gasteiger partial charge in [-0.05, 0) is 24.3 Å². The van der Waals surface area contributed by atoms with Gasteiger partial charge in [0.2, 0.25) is 5.75 Å². The zero-order valence-electron chi connectivity index (χ0n) is 12.1. The first-order chi connectivity index (χ1) is 10.6. The molecule has 0 spiro atoms. The van der Waals surface area contributed by atoms with E-state index in [0.717, 1.165) is 0 Å². The van der Waals surface area contributed by atoms with Crippen molar-refractivity contribution in [2.75, 3.05) is 14.2 Å². The molecule has 0 heterocycles. The standard InChI is InChI=1S/C9H10O4.C7H6O2/c1-12-7-3-6(5-10)4-8(13-2)9(7)11;8-5-6-3-1-2-4-7(6)9/h3-5,11H,1-2H3;1-5,9H. The van der Waals surface area contributed by atoms with Crippen LogP contribution in [-0.2, 0) is 0 Å². The minimum Gasteiger partial charge on any atom is -0.507 e. The molecule has 0 aliphatic rings. The van der Waals surface area contributed by atoms with Gasteiger partial charge in [0.05, 0.1) is 19.8 Å². The Morgan fingerprint density at radius 1 is 0.909 bits per heavy atom. The van der Waals surface area contributed by atoms with Crippen LogP contribution < -0.4 is 9.47 Å². The van der Waals surface area contributed by atoms with Gasteiger partial charge >= 0.3 is 0 Å². The molecular weight excluding hydrogens is 288 g/mol. The highest BCUT2D eigenvalue weighted by Crippen LogP contribution is 2.36. The van der Waals surface area contributed by atoms with Crippen molar-refractivity contribution < 1.29 is 29.3 Å². The van der Waals surface area contributed by atoms with E-state index >= 15 is 0 Å². The lowest BCUT2D eigenvalue weighted by Crippen LogP contribution is -1.91. The van der Waals surface area contributed by atoms with Gasteiger partial charge in [0.15, 0.2) is 17.8 Å². The van der Waals surface area contributed by atoms with Crippen molar-refractivity contribution in [2.24, 2.45) is 0 Å². The molecule has 0 fully saturated rings. The summed E-state index contributed by atoms with van der Waals surface area (Å²) in [5.74, 6) is 0.381. The Morgan fingerprint density at radius 3 is 1.82 bits per heavy atom. The third-order valence-corrected chi connectivity index (χ3v) is 2.70. The molecule has 2 aromatic carbocycles. The summed E-state index contributed by atoms with van der Waals surface area (Å²) in [6.07, 6.45) is 1.28. The average Bonchev–Trinajstić information content (AvgIpc) is 2.56. The zero-order valence-corrected chi connectivity index (χ0v) is 12.1. The topological polar surface area (TPSA) is 93.1 Å². The molecule has 0 unspecified atom stereocenters. The number of hydrogen-bond acceptors (Lipinski definition) is 6. The number of para-hydroxylation sites is 1. The van der Waals surface area contributed by atoms with Crippen LogP contribution in [0.25, 0.3) is 0 Å². The summed E-state index contributed by atoms with van der Waals surface area (Å²) < 4.78 is 9.68. The maximum atomic E-state index is 10.5. The van der Waals surface area contributed by atoms with Crippen LogP contribution in [0.5, 0.6) is 23.0 Å². The van der Waals surface area contributed by atoms with Gasteiger partial charge in [-0.25, -0.2) is 0 Å². The molecule has 22 heavy (non-hydrogen) atoms. The van der Waals surface area contributed by atoms with E-state index in [0.29, 0.717) is 23.7 Å². The summed E-state index contributed by atoms with van der Waals surface area (Å²) >= 11 is 0. The predicted octanol–water partition coefficient (Wildman–Crippen LogP) is 2.43. The first-order valence-electron chi connectivity index (χ1n) is 6.20. The summed E-state index contributed by atoms with van der Waals surface area (Å²) in [5.41, 5.74) is 0.726. The van der Waals surface area contributed by atoms with Crippen LogP contribution in [0.2, 0.25) is 0 Å². The summed E-state index contributed by atoms with van der Waals surface area (Å²) in [6.45, 7) is 0. The molecule has 6 heteroatoms. The molecular formula is C16H16O6. The van der Waals surface area contributed by atoms with Crippen molar-refractivity contribution in [3.05, 3.63) is 47.5 Å². The van der Waals surface area contributed by atoms with Crippen molar-refractivity contribution >= 4 is 12.6 Å².